The number of rotatable bonds is 5. The van der Waals surface area contributed by atoms with Crippen LogP contribution in [0, 0.1) is 46.3 Å². The monoisotopic (exact) mass is 448 g/mol. The van der Waals surface area contributed by atoms with Crippen LogP contribution < -0.4 is 0 Å². The lowest BCUT2D eigenvalue weighted by Gasteiger charge is -2.60. The van der Waals surface area contributed by atoms with Gasteiger partial charge >= 0.3 is 11.9 Å². The van der Waals surface area contributed by atoms with Crippen molar-refractivity contribution in [2.24, 2.45) is 46.3 Å². The fourth-order valence-electron chi connectivity index (χ4n) is 8.86. The Kier molecular flexibility index (Phi) is 8.36. The molecule has 0 radical (unpaired) electrons. The second-order valence-corrected chi connectivity index (χ2v) is 11.4. The van der Waals surface area contributed by atoms with Crippen molar-refractivity contribution in [2.45, 2.75) is 105 Å². The minimum absolute atomic E-state index is 0.371. The smallest absolute Gasteiger partial charge is 0.320 e. The summed E-state index contributed by atoms with van der Waals surface area (Å²) >= 11 is 0. The molecule has 32 heavy (non-hydrogen) atoms. The molecule has 184 valence electrons. The van der Waals surface area contributed by atoms with Gasteiger partial charge in [-0.05, 0) is 105 Å². The molecule has 0 saturated heterocycles. The maximum atomic E-state index is 12.1. The third kappa shape index (κ3) is 4.37. The molecule has 4 aliphatic carbocycles. The maximum absolute atomic E-state index is 12.1. The van der Waals surface area contributed by atoms with Crippen molar-refractivity contribution in [1.82, 2.24) is 0 Å². The predicted octanol–water partition coefficient (Wildman–Crippen LogP) is 6.80. The Morgan fingerprint density at radius 2 is 1.47 bits per heavy atom. The largest absolute Gasteiger partial charge is 0.468 e. The average molecular weight is 449 g/mol. The zero-order valence-electron chi connectivity index (χ0n) is 21.6. The highest BCUT2D eigenvalue weighted by Gasteiger charge is 2.59. The number of esters is 2. The molecule has 0 aromatic rings. The quantitative estimate of drug-likeness (QED) is 0.343. The summed E-state index contributed by atoms with van der Waals surface area (Å²) in [5.74, 6) is 2.55. The predicted molar refractivity (Wildman–Crippen MR) is 128 cm³/mol. The molecule has 7 atom stereocenters. The highest BCUT2D eigenvalue weighted by molar-refractivity contribution is 5.94. The van der Waals surface area contributed by atoms with Gasteiger partial charge in [0.05, 0.1) is 14.2 Å². The van der Waals surface area contributed by atoms with E-state index in [9.17, 15) is 9.59 Å². The first kappa shape index (κ1) is 25.6. The Morgan fingerprint density at radius 3 is 2.12 bits per heavy atom. The van der Waals surface area contributed by atoms with Gasteiger partial charge in [-0.3, -0.25) is 9.59 Å². The molecule has 0 spiro atoms. The van der Waals surface area contributed by atoms with E-state index in [2.05, 4.69) is 13.8 Å². The minimum Gasteiger partial charge on any atom is -0.468 e. The van der Waals surface area contributed by atoms with Crippen molar-refractivity contribution in [1.29, 1.82) is 0 Å². The van der Waals surface area contributed by atoms with E-state index in [1.807, 2.05) is 13.8 Å². The van der Waals surface area contributed by atoms with Crippen LogP contribution in [-0.4, -0.2) is 26.2 Å². The highest BCUT2D eigenvalue weighted by Crippen LogP contribution is 2.67. The summed E-state index contributed by atoms with van der Waals surface area (Å²) in [5, 5.41) is 0. The van der Waals surface area contributed by atoms with E-state index >= 15 is 0 Å². The van der Waals surface area contributed by atoms with Crippen LogP contribution in [0.25, 0.3) is 0 Å². The molecule has 4 rings (SSSR count). The SMILES string of the molecule is CC.COC(=O)C(CCC1CCC2C3CCC4CCCCC4(C)C3CCC12C)C(=O)OC. The van der Waals surface area contributed by atoms with E-state index in [0.717, 1.165) is 30.1 Å². The van der Waals surface area contributed by atoms with Gasteiger partial charge in [0.15, 0.2) is 5.92 Å². The van der Waals surface area contributed by atoms with E-state index in [4.69, 9.17) is 9.47 Å². The second kappa shape index (κ2) is 10.5. The molecule has 4 fully saturated rings. The first-order chi connectivity index (χ1) is 15.3. The van der Waals surface area contributed by atoms with Crippen LogP contribution in [-0.2, 0) is 19.1 Å². The van der Waals surface area contributed by atoms with Gasteiger partial charge < -0.3 is 9.47 Å². The van der Waals surface area contributed by atoms with Crippen LogP contribution in [0.1, 0.15) is 105 Å². The first-order valence-electron chi connectivity index (χ1n) is 13.5. The number of fused-ring (bicyclic) bond motifs is 5. The van der Waals surface area contributed by atoms with Gasteiger partial charge in [-0.2, -0.15) is 0 Å². The van der Waals surface area contributed by atoms with E-state index in [0.29, 0.717) is 23.2 Å². The molecule has 0 N–H and O–H groups in total. The summed E-state index contributed by atoms with van der Waals surface area (Å²) in [4.78, 5) is 24.2. The van der Waals surface area contributed by atoms with Gasteiger partial charge in [-0.15, -0.1) is 0 Å². The molecule has 0 heterocycles. The number of carbonyl (C=O) groups is 2. The number of ether oxygens (including phenoxy) is 2. The summed E-state index contributed by atoms with van der Waals surface area (Å²) < 4.78 is 9.75. The van der Waals surface area contributed by atoms with Crippen molar-refractivity contribution in [3.8, 4) is 0 Å². The molecule has 7 unspecified atom stereocenters. The van der Waals surface area contributed by atoms with Crippen LogP contribution in [0.5, 0.6) is 0 Å². The molecule has 4 saturated carbocycles. The standard InChI is InChI=1S/C26H42O4.C2H6/c1-25-15-6-5-7-17(25)8-11-19-21-13-10-18(26(21,2)16-14-22(19)25)9-12-20(23(27)29-3)24(28)30-4;1-2/h17-22H,5-16H2,1-4H3;1-2H3. The Labute approximate surface area is 196 Å². The van der Waals surface area contributed by atoms with Crippen LogP contribution in [0.15, 0.2) is 0 Å². The van der Waals surface area contributed by atoms with Crippen LogP contribution >= 0.6 is 0 Å². The van der Waals surface area contributed by atoms with Crippen molar-refractivity contribution in [2.75, 3.05) is 14.2 Å². The first-order valence-corrected chi connectivity index (χ1v) is 13.5. The summed E-state index contributed by atoms with van der Waals surface area (Å²) in [6.07, 6.45) is 15.5. The Morgan fingerprint density at radius 1 is 0.812 bits per heavy atom. The number of carbonyl (C=O) groups excluding carboxylic acids is 2. The van der Waals surface area contributed by atoms with Crippen molar-refractivity contribution >= 4 is 11.9 Å². The zero-order valence-corrected chi connectivity index (χ0v) is 21.6. The van der Waals surface area contributed by atoms with Gasteiger partial charge in [0, 0.05) is 0 Å². The van der Waals surface area contributed by atoms with Crippen LogP contribution in [0.4, 0.5) is 0 Å². The number of methoxy groups -OCH3 is 2. The summed E-state index contributed by atoms with van der Waals surface area (Å²) in [6.45, 7) is 9.17. The van der Waals surface area contributed by atoms with Crippen LogP contribution in [0.2, 0.25) is 0 Å². The van der Waals surface area contributed by atoms with Crippen molar-refractivity contribution in [3.63, 3.8) is 0 Å². The lowest BCUT2D eigenvalue weighted by atomic mass is 9.45. The third-order valence-electron chi connectivity index (χ3n) is 10.6. The Hall–Kier alpha value is -1.06. The molecule has 0 aliphatic heterocycles. The fraction of sp³-hybridized carbons (Fsp3) is 0.929. The molecule has 4 heteroatoms. The van der Waals surface area contributed by atoms with E-state index in [-0.39, 0.29) is 0 Å². The Balaban J connectivity index is 0.00000141. The lowest BCUT2D eigenvalue weighted by molar-refractivity contribution is -0.159. The third-order valence-corrected chi connectivity index (χ3v) is 10.6. The summed E-state index contributed by atoms with van der Waals surface area (Å²) in [7, 11) is 2.71. The molecule has 0 bridgehead atoms. The molecule has 0 aromatic carbocycles. The molecule has 0 aromatic heterocycles. The van der Waals surface area contributed by atoms with Crippen molar-refractivity contribution in [3.05, 3.63) is 0 Å². The normalized spacial score (nSPS) is 40.3. The van der Waals surface area contributed by atoms with Crippen LogP contribution in [0.3, 0.4) is 0 Å². The molecule has 4 aliphatic rings. The van der Waals surface area contributed by atoms with Gasteiger partial charge in [0.2, 0.25) is 0 Å². The molecular formula is C28H48O4. The lowest BCUT2D eigenvalue weighted by Crippen LogP contribution is -2.52. The van der Waals surface area contributed by atoms with Crippen molar-refractivity contribution < 1.29 is 19.1 Å². The van der Waals surface area contributed by atoms with E-state index in [1.54, 1.807) is 0 Å². The molecule has 4 nitrogen and oxygen atoms in total. The topological polar surface area (TPSA) is 52.6 Å². The van der Waals surface area contributed by atoms with Gasteiger partial charge in [-0.25, -0.2) is 0 Å². The minimum atomic E-state index is -0.768. The van der Waals surface area contributed by atoms with Gasteiger partial charge in [-0.1, -0.05) is 40.5 Å². The average Bonchev–Trinajstić information content (AvgIpc) is 3.16. The molecule has 0 amide bonds. The van der Waals surface area contributed by atoms with E-state index in [1.165, 1.54) is 78.4 Å². The van der Waals surface area contributed by atoms with Gasteiger partial charge in [0.25, 0.3) is 0 Å². The zero-order chi connectivity index (χ0) is 23.5. The Bertz CT molecular complexity index is 644. The molecular weight excluding hydrogens is 400 g/mol. The highest BCUT2D eigenvalue weighted by atomic mass is 16.5. The number of hydrogen-bond acceptors (Lipinski definition) is 4. The summed E-state index contributed by atoms with van der Waals surface area (Å²) in [5.41, 5.74) is 0.956. The fourth-order valence-corrected chi connectivity index (χ4v) is 8.86. The number of hydrogen-bond donors (Lipinski definition) is 0. The maximum Gasteiger partial charge on any atom is 0.320 e. The second-order valence-electron chi connectivity index (χ2n) is 11.4. The van der Waals surface area contributed by atoms with Gasteiger partial charge in [0.1, 0.15) is 0 Å². The summed E-state index contributed by atoms with van der Waals surface area (Å²) in [6, 6.07) is 0. The van der Waals surface area contributed by atoms with E-state index < -0.39 is 17.9 Å².